The highest BCUT2D eigenvalue weighted by atomic mass is 16.6. The molecule has 1 unspecified atom stereocenters. The molecule has 18 heavy (non-hydrogen) atoms. The van der Waals surface area contributed by atoms with E-state index in [1.54, 1.807) is 20.8 Å². The zero-order chi connectivity index (χ0) is 13.9. The highest BCUT2D eigenvalue weighted by Gasteiger charge is 2.24. The summed E-state index contributed by atoms with van der Waals surface area (Å²) in [6.07, 6.45) is -0.337. The first-order valence-corrected chi connectivity index (χ1v) is 5.37. The van der Waals surface area contributed by atoms with Crippen LogP contribution in [0.25, 0.3) is 0 Å². The van der Waals surface area contributed by atoms with Crippen molar-refractivity contribution in [3.63, 3.8) is 0 Å². The number of hydrogen-bond donors (Lipinski definition) is 2. The number of rotatable bonds is 3. The van der Waals surface area contributed by atoms with Gasteiger partial charge in [0.25, 0.3) is 5.56 Å². The summed E-state index contributed by atoms with van der Waals surface area (Å²) in [6, 6.07) is -1.10. The van der Waals surface area contributed by atoms with E-state index in [4.69, 9.17) is 9.26 Å². The lowest BCUT2D eigenvalue weighted by Gasteiger charge is -2.21. The third-order valence-corrected chi connectivity index (χ3v) is 2.04. The molecule has 1 heterocycles. The normalized spacial score (nSPS) is 12.9. The molecule has 1 amide bonds. The van der Waals surface area contributed by atoms with Crippen molar-refractivity contribution in [3.8, 4) is 0 Å². The van der Waals surface area contributed by atoms with Gasteiger partial charge in [0, 0.05) is 0 Å². The van der Waals surface area contributed by atoms with Gasteiger partial charge < -0.3 is 19.4 Å². The first kappa shape index (κ1) is 14.0. The fraction of sp³-hybridized carbons (Fsp3) is 0.545. The zero-order valence-electron chi connectivity index (χ0n) is 10.7. The molecule has 0 bridgehead atoms. The van der Waals surface area contributed by atoms with E-state index >= 15 is 0 Å². The summed E-state index contributed by atoms with van der Waals surface area (Å²) in [5, 5.41) is 4.39. The summed E-state index contributed by atoms with van der Waals surface area (Å²) in [7, 11) is 0. The number of aromatic nitrogens is 1. The Morgan fingerprint density at radius 3 is 2.50 bits per heavy atom. The SMILES string of the molecule is Cc1o[nH]c(=O)c1C(C=O)NC(=O)OC(C)(C)C. The van der Waals surface area contributed by atoms with Crippen molar-refractivity contribution in [2.75, 3.05) is 0 Å². The summed E-state index contributed by atoms with van der Waals surface area (Å²) in [4.78, 5) is 33.9. The smallest absolute Gasteiger partial charge is 0.408 e. The van der Waals surface area contributed by atoms with Gasteiger partial charge in [-0.3, -0.25) is 4.79 Å². The Morgan fingerprint density at radius 2 is 2.11 bits per heavy atom. The van der Waals surface area contributed by atoms with Crippen LogP contribution in [0.5, 0.6) is 0 Å². The van der Waals surface area contributed by atoms with Crippen LogP contribution in [0.15, 0.2) is 9.32 Å². The minimum atomic E-state index is -1.10. The molecule has 0 saturated heterocycles. The van der Waals surface area contributed by atoms with Crippen molar-refractivity contribution in [1.29, 1.82) is 0 Å². The van der Waals surface area contributed by atoms with Gasteiger partial charge in [-0.1, -0.05) is 0 Å². The minimum absolute atomic E-state index is 0.0656. The summed E-state index contributed by atoms with van der Waals surface area (Å²) in [6.45, 7) is 6.59. The predicted octanol–water partition coefficient (Wildman–Crippen LogP) is 1.04. The van der Waals surface area contributed by atoms with E-state index < -0.39 is 23.3 Å². The number of aldehydes is 1. The molecule has 0 aromatic carbocycles. The maximum atomic E-state index is 11.5. The minimum Gasteiger partial charge on any atom is -0.444 e. The van der Waals surface area contributed by atoms with Crippen molar-refractivity contribution < 1.29 is 18.8 Å². The van der Waals surface area contributed by atoms with Crippen LogP contribution in [-0.2, 0) is 9.53 Å². The molecule has 7 heteroatoms. The Kier molecular flexibility index (Phi) is 3.95. The molecule has 1 rings (SSSR count). The largest absolute Gasteiger partial charge is 0.444 e. The third kappa shape index (κ3) is 3.47. The Labute approximate surface area is 103 Å². The number of ether oxygens (including phenoxy) is 1. The topological polar surface area (TPSA) is 101 Å². The third-order valence-electron chi connectivity index (χ3n) is 2.04. The van der Waals surface area contributed by atoms with Crippen LogP contribution in [0.2, 0.25) is 0 Å². The monoisotopic (exact) mass is 256 g/mol. The maximum Gasteiger partial charge on any atom is 0.408 e. The standard InChI is InChI=1S/C11H16N2O5/c1-6-8(9(15)13-18-6)7(5-14)12-10(16)17-11(2,3)4/h5,7H,1-4H3,(H,12,16)(H,13,15). The van der Waals surface area contributed by atoms with E-state index in [0.29, 0.717) is 6.29 Å². The van der Waals surface area contributed by atoms with Crippen LogP contribution >= 0.6 is 0 Å². The summed E-state index contributed by atoms with van der Waals surface area (Å²) in [5.41, 5.74) is -1.17. The lowest BCUT2D eigenvalue weighted by Crippen LogP contribution is -2.37. The fourth-order valence-electron chi connectivity index (χ4n) is 1.36. The number of aryl methyl sites for hydroxylation is 1. The summed E-state index contributed by atoms with van der Waals surface area (Å²) < 4.78 is 9.77. The molecule has 0 saturated carbocycles. The number of alkyl carbamates (subject to hydrolysis) is 1. The quantitative estimate of drug-likeness (QED) is 0.787. The molecule has 1 atom stereocenters. The van der Waals surface area contributed by atoms with Crippen LogP contribution in [0.3, 0.4) is 0 Å². The average Bonchev–Trinajstić information content (AvgIpc) is 2.53. The first-order valence-electron chi connectivity index (χ1n) is 5.37. The molecular weight excluding hydrogens is 240 g/mol. The van der Waals surface area contributed by atoms with Crippen LogP contribution in [-0.4, -0.2) is 23.1 Å². The van der Waals surface area contributed by atoms with Gasteiger partial charge in [0.1, 0.15) is 23.7 Å². The number of carbonyl (C=O) groups is 2. The van der Waals surface area contributed by atoms with Gasteiger partial charge >= 0.3 is 6.09 Å². The van der Waals surface area contributed by atoms with Gasteiger partial charge in [0.2, 0.25) is 0 Å². The molecule has 100 valence electrons. The number of aromatic amines is 1. The van der Waals surface area contributed by atoms with Crippen molar-refractivity contribution in [2.45, 2.75) is 39.3 Å². The van der Waals surface area contributed by atoms with Crippen molar-refractivity contribution >= 4 is 12.4 Å². The Morgan fingerprint density at radius 1 is 1.50 bits per heavy atom. The number of carbonyl (C=O) groups excluding carboxylic acids is 2. The molecule has 1 aromatic heterocycles. The number of hydrogen-bond acceptors (Lipinski definition) is 5. The first-order chi connectivity index (χ1) is 8.24. The molecule has 0 radical (unpaired) electrons. The Balaban J connectivity index is 2.84. The molecule has 0 aliphatic carbocycles. The van der Waals surface area contributed by atoms with Gasteiger partial charge in [0.15, 0.2) is 0 Å². The number of amides is 1. The number of nitrogens with one attached hydrogen (secondary N) is 2. The summed E-state index contributed by atoms with van der Waals surface area (Å²) in [5.74, 6) is 0.244. The van der Waals surface area contributed by atoms with Crippen LogP contribution in [0.4, 0.5) is 4.79 Å². The van der Waals surface area contributed by atoms with Gasteiger partial charge in [-0.2, -0.15) is 5.16 Å². The lowest BCUT2D eigenvalue weighted by molar-refractivity contribution is -0.109. The highest BCUT2D eigenvalue weighted by molar-refractivity contribution is 5.74. The van der Waals surface area contributed by atoms with Crippen molar-refractivity contribution in [2.24, 2.45) is 0 Å². The molecule has 7 nitrogen and oxygen atoms in total. The van der Waals surface area contributed by atoms with E-state index in [1.165, 1.54) is 6.92 Å². The Hall–Kier alpha value is -2.05. The molecule has 0 aliphatic rings. The van der Waals surface area contributed by atoms with Gasteiger partial charge in [-0.15, -0.1) is 0 Å². The van der Waals surface area contributed by atoms with Crippen molar-refractivity contribution in [1.82, 2.24) is 10.5 Å². The molecular formula is C11H16N2O5. The highest BCUT2D eigenvalue weighted by Crippen LogP contribution is 2.13. The molecule has 0 spiro atoms. The van der Waals surface area contributed by atoms with E-state index in [0.717, 1.165) is 0 Å². The van der Waals surface area contributed by atoms with Gasteiger partial charge in [-0.25, -0.2) is 4.79 Å². The van der Waals surface area contributed by atoms with Crippen molar-refractivity contribution in [3.05, 3.63) is 21.7 Å². The van der Waals surface area contributed by atoms with E-state index in [-0.39, 0.29) is 11.3 Å². The van der Waals surface area contributed by atoms with E-state index in [1.807, 2.05) is 0 Å². The Bertz CT molecular complexity index is 494. The second-order valence-corrected chi connectivity index (χ2v) is 4.76. The lowest BCUT2D eigenvalue weighted by atomic mass is 10.1. The summed E-state index contributed by atoms with van der Waals surface area (Å²) >= 11 is 0. The van der Waals surface area contributed by atoms with E-state index in [9.17, 15) is 14.4 Å². The number of H-pyrrole nitrogens is 1. The molecule has 0 aliphatic heterocycles. The van der Waals surface area contributed by atoms with Crippen LogP contribution < -0.4 is 10.9 Å². The van der Waals surface area contributed by atoms with Gasteiger partial charge in [0.05, 0.1) is 5.56 Å². The second-order valence-electron chi connectivity index (χ2n) is 4.76. The van der Waals surface area contributed by atoms with Crippen LogP contribution in [0.1, 0.15) is 38.1 Å². The molecule has 0 fully saturated rings. The zero-order valence-corrected chi connectivity index (χ0v) is 10.7. The van der Waals surface area contributed by atoms with E-state index in [2.05, 4.69) is 10.5 Å². The maximum absolute atomic E-state index is 11.5. The molecule has 2 N–H and O–H groups in total. The van der Waals surface area contributed by atoms with Gasteiger partial charge in [-0.05, 0) is 27.7 Å². The average molecular weight is 256 g/mol. The fourth-order valence-corrected chi connectivity index (χ4v) is 1.36. The predicted molar refractivity (Wildman–Crippen MR) is 62.2 cm³/mol. The second kappa shape index (κ2) is 5.07. The molecule has 1 aromatic rings. The van der Waals surface area contributed by atoms with Crippen LogP contribution in [0, 0.1) is 6.92 Å².